The minimum atomic E-state index is -4.35. The molecule has 16 heavy (non-hydrogen) atoms. The van der Waals surface area contributed by atoms with Gasteiger partial charge in [0.15, 0.2) is 0 Å². The number of alkyl halides is 3. The maximum atomic E-state index is 12.3. The van der Waals surface area contributed by atoms with Gasteiger partial charge < -0.3 is 10.6 Å². The van der Waals surface area contributed by atoms with E-state index in [1.165, 1.54) is 0 Å². The number of nitrogens with two attached hydrogens (primary N) is 1. The molecule has 94 valence electrons. The van der Waals surface area contributed by atoms with Gasteiger partial charge in [-0.1, -0.05) is 13.8 Å². The molecule has 1 saturated carbocycles. The number of hydrogen-bond donors (Lipinski definition) is 1. The molecule has 1 aliphatic rings. The zero-order valence-electron chi connectivity index (χ0n) is 9.42. The van der Waals surface area contributed by atoms with Crippen molar-refractivity contribution in [2.45, 2.75) is 44.9 Å². The molecule has 3 nitrogen and oxygen atoms in total. The molecule has 1 fully saturated rings. The molecule has 0 unspecified atom stereocenters. The van der Waals surface area contributed by atoms with Gasteiger partial charge in [-0.2, -0.15) is 13.2 Å². The number of rotatable bonds is 4. The van der Waals surface area contributed by atoms with Crippen molar-refractivity contribution >= 4 is 5.91 Å². The van der Waals surface area contributed by atoms with Gasteiger partial charge in [0.1, 0.15) is 6.54 Å². The monoisotopic (exact) mass is 238 g/mol. The summed E-state index contributed by atoms with van der Waals surface area (Å²) >= 11 is 0. The first-order valence-electron chi connectivity index (χ1n) is 5.35. The Morgan fingerprint density at radius 3 is 2.25 bits per heavy atom. The van der Waals surface area contributed by atoms with Crippen molar-refractivity contribution in [1.29, 1.82) is 0 Å². The van der Waals surface area contributed by atoms with Crippen LogP contribution in [-0.4, -0.2) is 35.6 Å². The predicted molar refractivity (Wildman–Crippen MR) is 53.6 cm³/mol. The van der Waals surface area contributed by atoms with Gasteiger partial charge in [-0.3, -0.25) is 4.79 Å². The highest BCUT2D eigenvalue weighted by atomic mass is 19.4. The van der Waals surface area contributed by atoms with Gasteiger partial charge in [0.25, 0.3) is 0 Å². The summed E-state index contributed by atoms with van der Waals surface area (Å²) in [5.74, 6) is -0.739. The fourth-order valence-corrected chi connectivity index (χ4v) is 1.44. The van der Waals surface area contributed by atoms with Crippen LogP contribution in [0.2, 0.25) is 0 Å². The first-order chi connectivity index (χ1) is 7.22. The molecule has 0 aromatic carbocycles. The summed E-state index contributed by atoms with van der Waals surface area (Å²) in [6.07, 6.45) is -3.06. The maximum Gasteiger partial charge on any atom is 0.406 e. The van der Waals surface area contributed by atoms with E-state index >= 15 is 0 Å². The lowest BCUT2D eigenvalue weighted by Crippen LogP contribution is -2.50. The predicted octanol–water partition coefficient (Wildman–Crippen LogP) is 1.52. The number of amides is 1. The van der Waals surface area contributed by atoms with Crippen molar-refractivity contribution in [1.82, 2.24) is 4.90 Å². The molecule has 1 aliphatic carbocycles. The summed E-state index contributed by atoms with van der Waals surface area (Å²) in [5, 5.41) is 0. The van der Waals surface area contributed by atoms with Crippen molar-refractivity contribution < 1.29 is 18.0 Å². The third-order valence-electron chi connectivity index (χ3n) is 2.62. The average Bonchev–Trinajstić information content (AvgIpc) is 2.93. The molecule has 6 heteroatoms. The van der Waals surface area contributed by atoms with Crippen LogP contribution in [0.15, 0.2) is 0 Å². The van der Waals surface area contributed by atoms with Crippen LogP contribution in [0.5, 0.6) is 0 Å². The van der Waals surface area contributed by atoms with Crippen LogP contribution in [0.1, 0.15) is 26.7 Å². The second-order valence-electron chi connectivity index (χ2n) is 4.58. The lowest BCUT2D eigenvalue weighted by Gasteiger charge is -2.28. The van der Waals surface area contributed by atoms with E-state index in [-0.39, 0.29) is 12.0 Å². The van der Waals surface area contributed by atoms with Gasteiger partial charge >= 0.3 is 6.18 Å². The molecule has 0 spiro atoms. The number of carbonyl (C=O) groups is 1. The smallest absolute Gasteiger partial charge is 0.329 e. The molecule has 0 aromatic rings. The van der Waals surface area contributed by atoms with Crippen LogP contribution in [0.4, 0.5) is 13.2 Å². The van der Waals surface area contributed by atoms with Crippen LogP contribution >= 0.6 is 0 Å². The van der Waals surface area contributed by atoms with Crippen molar-refractivity contribution in [2.75, 3.05) is 6.54 Å². The van der Waals surface area contributed by atoms with E-state index < -0.39 is 24.7 Å². The summed E-state index contributed by atoms with van der Waals surface area (Å²) in [6.45, 7) is 2.26. The van der Waals surface area contributed by atoms with Crippen LogP contribution in [-0.2, 0) is 4.79 Å². The van der Waals surface area contributed by atoms with Gasteiger partial charge in [0.05, 0.1) is 6.04 Å². The third-order valence-corrected chi connectivity index (χ3v) is 2.62. The third kappa shape index (κ3) is 3.66. The molecule has 1 atom stereocenters. The molecule has 0 aliphatic heterocycles. The fourth-order valence-electron chi connectivity index (χ4n) is 1.44. The van der Waals surface area contributed by atoms with E-state index in [1.54, 1.807) is 13.8 Å². The number of halogens is 3. The van der Waals surface area contributed by atoms with E-state index in [9.17, 15) is 18.0 Å². The van der Waals surface area contributed by atoms with Gasteiger partial charge in [0, 0.05) is 6.04 Å². The first kappa shape index (κ1) is 13.3. The standard InChI is InChI=1S/C10H17F3N2O/c1-6(2)8(14)9(16)15(7-3-4-7)5-10(11,12)13/h6-8H,3-5,14H2,1-2H3/t8-/m0/s1. The first-order valence-corrected chi connectivity index (χ1v) is 5.35. The summed E-state index contributed by atoms with van der Waals surface area (Å²) in [6, 6.07) is -1.11. The van der Waals surface area contributed by atoms with E-state index in [1.807, 2.05) is 0 Å². The Morgan fingerprint density at radius 1 is 1.44 bits per heavy atom. The Hall–Kier alpha value is -0.780. The Morgan fingerprint density at radius 2 is 1.94 bits per heavy atom. The maximum absolute atomic E-state index is 12.3. The summed E-state index contributed by atoms with van der Waals surface area (Å²) in [4.78, 5) is 12.6. The van der Waals surface area contributed by atoms with E-state index in [0.717, 1.165) is 4.90 Å². The fraction of sp³-hybridized carbons (Fsp3) is 0.900. The average molecular weight is 238 g/mol. The minimum absolute atomic E-state index is 0.151. The van der Waals surface area contributed by atoms with Crippen LogP contribution < -0.4 is 5.73 Å². The minimum Gasteiger partial charge on any atom is -0.329 e. The topological polar surface area (TPSA) is 46.3 Å². The highest BCUT2D eigenvalue weighted by Crippen LogP contribution is 2.30. The van der Waals surface area contributed by atoms with Crippen LogP contribution in [0, 0.1) is 5.92 Å². The molecule has 2 N–H and O–H groups in total. The Bertz CT molecular complexity index is 261. The summed E-state index contributed by atoms with van der Waals surface area (Å²) in [5.41, 5.74) is 5.59. The quantitative estimate of drug-likeness (QED) is 0.807. The van der Waals surface area contributed by atoms with Crippen molar-refractivity contribution in [3.8, 4) is 0 Å². The summed E-state index contributed by atoms with van der Waals surface area (Å²) < 4.78 is 36.9. The zero-order valence-corrected chi connectivity index (χ0v) is 9.42. The number of nitrogens with zero attached hydrogens (tertiary/aromatic N) is 1. The van der Waals surface area contributed by atoms with E-state index in [2.05, 4.69) is 0 Å². The molecule has 0 aromatic heterocycles. The van der Waals surface area contributed by atoms with Gasteiger partial charge in [-0.25, -0.2) is 0 Å². The Kier molecular flexibility index (Phi) is 3.83. The SMILES string of the molecule is CC(C)[C@H](N)C(=O)N(CC(F)(F)F)C1CC1. The summed E-state index contributed by atoms with van der Waals surface area (Å²) in [7, 11) is 0. The zero-order chi connectivity index (χ0) is 12.5. The molecule has 0 heterocycles. The number of hydrogen-bond acceptors (Lipinski definition) is 2. The molecule has 0 saturated heterocycles. The second kappa shape index (κ2) is 4.61. The highest BCUT2D eigenvalue weighted by molar-refractivity contribution is 5.82. The molecule has 0 bridgehead atoms. The highest BCUT2D eigenvalue weighted by Gasteiger charge is 2.42. The Balaban J connectivity index is 2.66. The molecule has 0 radical (unpaired) electrons. The van der Waals surface area contributed by atoms with Crippen molar-refractivity contribution in [3.63, 3.8) is 0 Å². The van der Waals surface area contributed by atoms with Gasteiger partial charge in [-0.05, 0) is 18.8 Å². The van der Waals surface area contributed by atoms with Crippen molar-refractivity contribution in [3.05, 3.63) is 0 Å². The lowest BCUT2D eigenvalue weighted by atomic mass is 10.0. The van der Waals surface area contributed by atoms with Gasteiger partial charge in [0.2, 0.25) is 5.91 Å². The van der Waals surface area contributed by atoms with Crippen LogP contribution in [0.3, 0.4) is 0 Å². The van der Waals surface area contributed by atoms with Crippen LogP contribution in [0.25, 0.3) is 0 Å². The Labute approximate surface area is 92.8 Å². The van der Waals surface area contributed by atoms with Gasteiger partial charge in [-0.15, -0.1) is 0 Å². The van der Waals surface area contributed by atoms with E-state index in [0.29, 0.717) is 12.8 Å². The molecule has 1 rings (SSSR count). The molecular weight excluding hydrogens is 221 g/mol. The molecular formula is C10H17F3N2O. The number of carbonyl (C=O) groups excluding carboxylic acids is 1. The second-order valence-corrected chi connectivity index (χ2v) is 4.58. The largest absolute Gasteiger partial charge is 0.406 e. The lowest BCUT2D eigenvalue weighted by molar-refractivity contribution is -0.163. The molecule has 1 amide bonds. The normalized spacial score (nSPS) is 18.7. The van der Waals surface area contributed by atoms with Crippen molar-refractivity contribution in [2.24, 2.45) is 11.7 Å². The van der Waals surface area contributed by atoms with E-state index in [4.69, 9.17) is 5.73 Å².